The molecule has 0 aliphatic rings. The largest absolute Gasteiger partial charge is 0.332 e. The lowest BCUT2D eigenvalue weighted by Crippen LogP contribution is -2.16. The van der Waals surface area contributed by atoms with Crippen molar-refractivity contribution in [1.29, 1.82) is 0 Å². The first-order valence-electron chi connectivity index (χ1n) is 3.55. The molecule has 1 amide bonds. The quantitative estimate of drug-likeness (QED) is 0.618. The van der Waals surface area contributed by atoms with Crippen LogP contribution in [-0.4, -0.2) is 11.7 Å². The van der Waals surface area contributed by atoms with Crippen LogP contribution in [0.25, 0.3) is 0 Å². The van der Waals surface area contributed by atoms with Crippen LogP contribution in [0.4, 0.5) is 0 Å². The summed E-state index contributed by atoms with van der Waals surface area (Å²) in [7, 11) is 0. The van der Waals surface area contributed by atoms with E-state index in [1.165, 1.54) is 13.1 Å². The minimum absolute atomic E-state index is 0.0265. The minimum atomic E-state index is -0.0781. The van der Waals surface area contributed by atoms with Crippen molar-refractivity contribution in [2.24, 2.45) is 0 Å². The molecule has 0 aromatic heterocycles. The highest BCUT2D eigenvalue weighted by molar-refractivity contribution is 5.93. The highest BCUT2D eigenvalue weighted by Gasteiger charge is 1.96. The van der Waals surface area contributed by atoms with Gasteiger partial charge in [0.1, 0.15) is 0 Å². The first kappa shape index (κ1) is 9.88. The zero-order chi connectivity index (χ0) is 8.85. The average molecular weight is 155 g/mol. The Hall–Kier alpha value is -1.12. The third-order valence-corrected chi connectivity index (χ3v) is 1.33. The van der Waals surface area contributed by atoms with Gasteiger partial charge in [-0.2, -0.15) is 0 Å². The van der Waals surface area contributed by atoms with Crippen molar-refractivity contribution in [2.45, 2.75) is 27.2 Å². The number of allylic oxidation sites excluding steroid dienone is 1. The number of hydrogen-bond acceptors (Lipinski definition) is 2. The number of rotatable bonds is 3. The Labute approximate surface area is 66.5 Å². The molecule has 3 nitrogen and oxygen atoms in total. The maximum Gasteiger partial charge on any atom is 0.223 e. The van der Waals surface area contributed by atoms with E-state index in [9.17, 15) is 9.59 Å². The van der Waals surface area contributed by atoms with Crippen LogP contribution in [0.2, 0.25) is 0 Å². The molecule has 0 aromatic rings. The van der Waals surface area contributed by atoms with Gasteiger partial charge in [-0.3, -0.25) is 9.59 Å². The predicted octanol–water partition coefficient (Wildman–Crippen LogP) is 1.01. The second kappa shape index (κ2) is 4.66. The Bertz CT molecular complexity index is 194. The van der Waals surface area contributed by atoms with E-state index in [-0.39, 0.29) is 11.7 Å². The van der Waals surface area contributed by atoms with Gasteiger partial charge in [0, 0.05) is 18.2 Å². The zero-order valence-electron chi connectivity index (χ0n) is 7.10. The first-order valence-corrected chi connectivity index (χ1v) is 3.55. The van der Waals surface area contributed by atoms with Crippen molar-refractivity contribution in [2.75, 3.05) is 0 Å². The van der Waals surface area contributed by atoms with Gasteiger partial charge in [0.15, 0.2) is 5.78 Å². The first-order chi connectivity index (χ1) is 5.07. The molecular formula is C8H13NO2. The van der Waals surface area contributed by atoms with Crippen molar-refractivity contribution in [3.8, 4) is 0 Å². The molecule has 0 fully saturated rings. The molecule has 0 unspecified atom stereocenters. The third-order valence-electron chi connectivity index (χ3n) is 1.33. The molecule has 11 heavy (non-hydrogen) atoms. The predicted molar refractivity (Wildman–Crippen MR) is 42.9 cm³/mol. The summed E-state index contributed by atoms with van der Waals surface area (Å²) in [4.78, 5) is 21.3. The van der Waals surface area contributed by atoms with Crippen LogP contribution in [0.1, 0.15) is 27.2 Å². The second-order valence-corrected chi connectivity index (χ2v) is 2.30. The molecular weight excluding hydrogens is 142 g/mol. The van der Waals surface area contributed by atoms with Crippen LogP contribution in [0.3, 0.4) is 0 Å². The summed E-state index contributed by atoms with van der Waals surface area (Å²) in [5.41, 5.74) is 0.562. The third kappa shape index (κ3) is 4.31. The summed E-state index contributed by atoms with van der Waals surface area (Å²) in [6, 6.07) is 0. The van der Waals surface area contributed by atoms with E-state index in [1.807, 2.05) is 0 Å². The van der Waals surface area contributed by atoms with Crippen molar-refractivity contribution in [1.82, 2.24) is 5.32 Å². The number of hydrogen-bond donors (Lipinski definition) is 1. The van der Waals surface area contributed by atoms with E-state index in [1.54, 1.807) is 13.8 Å². The van der Waals surface area contributed by atoms with Crippen LogP contribution >= 0.6 is 0 Å². The summed E-state index contributed by atoms with van der Waals surface area (Å²) in [6.07, 6.45) is 1.87. The molecule has 0 rings (SSSR count). The molecule has 0 aromatic carbocycles. The molecule has 62 valence electrons. The van der Waals surface area contributed by atoms with Crippen molar-refractivity contribution in [3.63, 3.8) is 0 Å². The molecule has 0 saturated carbocycles. The molecule has 0 radical (unpaired) electrons. The summed E-state index contributed by atoms with van der Waals surface area (Å²) in [5, 5.41) is 2.49. The number of amides is 1. The van der Waals surface area contributed by atoms with Gasteiger partial charge in [-0.15, -0.1) is 0 Å². The number of nitrogens with one attached hydrogen (secondary N) is 1. The van der Waals surface area contributed by atoms with Crippen LogP contribution in [-0.2, 0) is 9.59 Å². The number of carbonyl (C=O) groups excluding carboxylic acids is 2. The Balaban J connectivity index is 3.92. The monoisotopic (exact) mass is 155 g/mol. The zero-order valence-corrected chi connectivity index (χ0v) is 7.10. The Morgan fingerprint density at radius 2 is 1.91 bits per heavy atom. The van der Waals surface area contributed by atoms with Crippen LogP contribution in [0, 0.1) is 0 Å². The fourth-order valence-corrected chi connectivity index (χ4v) is 0.392. The Morgan fingerprint density at radius 1 is 1.36 bits per heavy atom. The molecule has 0 atom stereocenters. The second-order valence-electron chi connectivity index (χ2n) is 2.30. The highest BCUT2D eigenvalue weighted by atomic mass is 16.1. The summed E-state index contributed by atoms with van der Waals surface area (Å²) >= 11 is 0. The fraction of sp³-hybridized carbons (Fsp3) is 0.500. The van der Waals surface area contributed by atoms with Gasteiger partial charge in [0.25, 0.3) is 0 Å². The standard InChI is InChI=1S/C8H13NO2/c1-4-8(11)9-5-6(2)7(3)10/h5H,4H2,1-3H3,(H,9,11)/b6-5-. The van der Waals surface area contributed by atoms with Crippen LogP contribution in [0.15, 0.2) is 11.8 Å². The smallest absolute Gasteiger partial charge is 0.223 e. The molecule has 1 N–H and O–H groups in total. The molecule has 3 heteroatoms. The maximum absolute atomic E-state index is 10.7. The number of ketones is 1. The van der Waals surface area contributed by atoms with Gasteiger partial charge >= 0.3 is 0 Å². The topological polar surface area (TPSA) is 46.2 Å². The molecule has 0 bridgehead atoms. The molecule has 0 aliphatic carbocycles. The van der Waals surface area contributed by atoms with Crippen molar-refractivity contribution >= 4 is 11.7 Å². The van der Waals surface area contributed by atoms with E-state index >= 15 is 0 Å². The average Bonchev–Trinajstić information content (AvgIpc) is 1.99. The summed E-state index contributed by atoms with van der Waals surface area (Å²) in [6.45, 7) is 4.88. The van der Waals surface area contributed by atoms with E-state index in [4.69, 9.17) is 0 Å². The van der Waals surface area contributed by atoms with Crippen molar-refractivity contribution < 1.29 is 9.59 Å². The van der Waals surface area contributed by atoms with E-state index in [2.05, 4.69) is 5.32 Å². The van der Waals surface area contributed by atoms with Crippen LogP contribution in [0.5, 0.6) is 0 Å². The van der Waals surface area contributed by atoms with Crippen LogP contribution < -0.4 is 5.32 Å². The van der Waals surface area contributed by atoms with E-state index in [0.717, 1.165) is 0 Å². The van der Waals surface area contributed by atoms with Gasteiger partial charge in [-0.25, -0.2) is 0 Å². The molecule has 0 aliphatic heterocycles. The minimum Gasteiger partial charge on any atom is -0.332 e. The Morgan fingerprint density at radius 3 is 2.27 bits per heavy atom. The lowest BCUT2D eigenvalue weighted by molar-refractivity contribution is -0.119. The van der Waals surface area contributed by atoms with Gasteiger partial charge in [0.05, 0.1) is 0 Å². The van der Waals surface area contributed by atoms with Gasteiger partial charge in [0.2, 0.25) is 5.91 Å². The summed E-state index contributed by atoms with van der Waals surface area (Å²) < 4.78 is 0. The van der Waals surface area contributed by atoms with E-state index in [0.29, 0.717) is 12.0 Å². The fourth-order valence-electron chi connectivity index (χ4n) is 0.392. The van der Waals surface area contributed by atoms with Gasteiger partial charge in [-0.1, -0.05) is 6.92 Å². The molecule has 0 saturated heterocycles. The molecule has 0 heterocycles. The number of carbonyl (C=O) groups is 2. The van der Waals surface area contributed by atoms with Gasteiger partial charge in [-0.05, 0) is 13.8 Å². The van der Waals surface area contributed by atoms with E-state index < -0.39 is 0 Å². The van der Waals surface area contributed by atoms with Gasteiger partial charge < -0.3 is 5.32 Å². The number of Topliss-reactive ketones (excluding diaryl/α,β-unsaturated/α-hetero) is 1. The van der Waals surface area contributed by atoms with Crippen molar-refractivity contribution in [3.05, 3.63) is 11.8 Å². The Kier molecular flexibility index (Phi) is 4.18. The molecule has 0 spiro atoms. The summed E-state index contributed by atoms with van der Waals surface area (Å²) in [5.74, 6) is -0.105. The highest BCUT2D eigenvalue weighted by Crippen LogP contribution is 1.90. The normalized spacial score (nSPS) is 11.0. The SMILES string of the molecule is CCC(=O)N/C=C(/C)C(C)=O. The lowest BCUT2D eigenvalue weighted by atomic mass is 10.2. The lowest BCUT2D eigenvalue weighted by Gasteiger charge is -1.96. The maximum atomic E-state index is 10.7.